The molecule has 0 radical (unpaired) electrons. The average Bonchev–Trinajstić information content (AvgIpc) is 3.73. The third kappa shape index (κ3) is 41.9. The van der Waals surface area contributed by atoms with Crippen molar-refractivity contribution in [2.24, 2.45) is 11.8 Å². The summed E-state index contributed by atoms with van der Waals surface area (Å²) >= 11 is 0. The molecular weight excluding hydrogens is 1050 g/mol. The smallest absolute Gasteiger partial charge is 0.518 e. The number of Topliss-reactive ketones (excluding diaryl/α,β-unsaturated/α-hetero) is 2. The standard InChI is InChI=1S/C30H58O5Si2.C16H28O4Si.C12H25OSi.CH3.Cu.Li/c1-10-11-12-17-22-30(2,35-37(7,8)9)23-18-20-26-25(19-15-13-14-16-21-29(32)33-3)27(31)24-28(26)34-36(4,5)6;1-19-16(18)10-8-6-5-7-9-13-11-14(12-15(13)17)20-21(2,3)4;1-7-9-11-12(3,10-8-2)13-14(4,5)6;;;/h18,20,25-26,28H,10-17,19,21-24H2,1-9H3;11,14H,5-10,12H2,1-4H3;2,8H,7,9-11H2,1,3-6H3;1H3;;/q;;2*-1;2*+1/b20-18+;;;;;/t25-,26-,28-,30?;;;;;/m1...../s1. The van der Waals surface area contributed by atoms with E-state index in [1.54, 1.807) is 6.08 Å². The van der Waals surface area contributed by atoms with Crippen LogP contribution in [-0.4, -0.2) is 94.4 Å². The fourth-order valence-corrected chi connectivity index (χ4v) is 15.3. The third-order valence-corrected chi connectivity index (χ3v) is 16.9. The molecule has 2 rings (SSSR count). The molecule has 2 aliphatic carbocycles. The molecule has 0 spiro atoms. The van der Waals surface area contributed by atoms with Gasteiger partial charge in [0, 0.05) is 37.5 Å². The Bertz CT molecular complexity index is 1640. The summed E-state index contributed by atoms with van der Waals surface area (Å²) in [5.41, 5.74) is 0.753. The minimum Gasteiger partial charge on any atom is -0.518 e. The molecule has 10 nitrogen and oxygen atoms in total. The Hall–Kier alpha value is -0.676. The van der Waals surface area contributed by atoms with Gasteiger partial charge in [0.25, 0.3) is 0 Å². The van der Waals surface area contributed by atoms with E-state index in [2.05, 4.69) is 123 Å². The molecule has 0 bridgehead atoms. The first-order valence-corrected chi connectivity index (χ1v) is 41.8. The Morgan fingerprint density at radius 3 is 1.57 bits per heavy atom. The summed E-state index contributed by atoms with van der Waals surface area (Å²) in [7, 11) is -3.64. The Balaban J connectivity index is -0.000000559. The van der Waals surface area contributed by atoms with Crippen molar-refractivity contribution in [2.75, 3.05) is 14.2 Å². The Kier molecular flexibility index (Phi) is 44.5. The van der Waals surface area contributed by atoms with Gasteiger partial charge >= 0.3 is 47.9 Å². The second kappa shape index (κ2) is 41.3. The molecule has 3 unspecified atom stereocenters. The maximum atomic E-state index is 13.1. The maximum Gasteiger partial charge on any atom is 1.00 e. The minimum atomic E-state index is -1.77. The third-order valence-electron chi connectivity index (χ3n) is 12.7. The molecule has 438 valence electrons. The van der Waals surface area contributed by atoms with Crippen LogP contribution in [0.15, 0.2) is 29.9 Å². The van der Waals surface area contributed by atoms with Gasteiger partial charge in [-0.05, 0) is 162 Å². The van der Waals surface area contributed by atoms with Crippen molar-refractivity contribution in [3.8, 4) is 0 Å². The van der Waals surface area contributed by atoms with E-state index in [1.165, 1.54) is 52.7 Å². The van der Waals surface area contributed by atoms with Gasteiger partial charge in [-0.1, -0.05) is 96.6 Å². The van der Waals surface area contributed by atoms with Crippen molar-refractivity contribution in [3.05, 3.63) is 43.9 Å². The Morgan fingerprint density at radius 2 is 1.11 bits per heavy atom. The van der Waals surface area contributed by atoms with Gasteiger partial charge in [-0.3, -0.25) is 25.3 Å². The van der Waals surface area contributed by atoms with E-state index < -0.39 is 33.3 Å². The van der Waals surface area contributed by atoms with Crippen LogP contribution in [0.1, 0.15) is 182 Å². The summed E-state index contributed by atoms with van der Waals surface area (Å²) in [4.78, 5) is 47.3. The summed E-state index contributed by atoms with van der Waals surface area (Å²) in [5, 5.41) is 0. The fraction of sp³-hybridized carbons (Fsp3) is 0.814. The summed E-state index contributed by atoms with van der Waals surface area (Å²) in [6.07, 6.45) is 31.3. The number of esters is 2. The zero-order valence-electron chi connectivity index (χ0n) is 52.1. The van der Waals surface area contributed by atoms with Crippen molar-refractivity contribution >= 4 is 56.8 Å². The van der Waals surface area contributed by atoms with Crippen LogP contribution in [0.2, 0.25) is 78.6 Å². The molecule has 75 heavy (non-hydrogen) atoms. The largest absolute Gasteiger partial charge is 1.00 e. The van der Waals surface area contributed by atoms with Gasteiger partial charge in [0.1, 0.15) is 5.78 Å². The first-order chi connectivity index (χ1) is 33.3. The first-order valence-electron chi connectivity index (χ1n) is 28.2. The van der Waals surface area contributed by atoms with Crippen LogP contribution in [-0.2, 0) is 63.4 Å². The predicted molar refractivity (Wildman–Crippen MR) is 318 cm³/mol. The van der Waals surface area contributed by atoms with Crippen molar-refractivity contribution < 1.29 is 82.3 Å². The quantitative estimate of drug-likeness (QED) is 0.0199. The maximum absolute atomic E-state index is 13.1. The number of allylic oxidation sites excluding steroid dienone is 1. The molecule has 0 aromatic carbocycles. The fourth-order valence-electron chi connectivity index (χ4n) is 9.79. The van der Waals surface area contributed by atoms with Crippen LogP contribution < -0.4 is 18.9 Å². The predicted octanol–water partition coefficient (Wildman–Crippen LogP) is 13.7. The summed E-state index contributed by atoms with van der Waals surface area (Å²) in [6, 6.07) is 0. The van der Waals surface area contributed by atoms with Crippen molar-refractivity contribution in [2.45, 2.75) is 284 Å². The summed E-state index contributed by atoms with van der Waals surface area (Å²) in [5.74, 6) is 0.492. The number of methoxy groups -OCH3 is 2. The molecular formula is C59H114CuLiO10Si4. The molecule has 0 aliphatic heterocycles. The zero-order chi connectivity index (χ0) is 55.2. The molecule has 0 amide bonds. The van der Waals surface area contributed by atoms with Gasteiger partial charge in [0.15, 0.2) is 39.1 Å². The SMILES string of the molecule is CCCCCCC(C)(C/C=C/[C@H]1[C@H](O[Si](C)(C)C)CC(=O)[C@@H]1CCCCCCC(=O)OC)O[Si](C)(C)C.COC(=O)CCCCCCC1=CC(O[Si](C)(C)C)CC1=O.[CH-]=CCC(C)(CCCC)O[Si](C)(C)C.[CH3-].[Cu+].[Li+]. The topological polar surface area (TPSA) is 124 Å². The number of ether oxygens (including phenoxy) is 2. The monoisotopic (exact) mass is 1160 g/mol. The van der Waals surface area contributed by atoms with Gasteiger partial charge in [-0.2, -0.15) is 0 Å². The molecule has 6 atom stereocenters. The Morgan fingerprint density at radius 1 is 0.640 bits per heavy atom. The minimum absolute atomic E-state index is 0. The molecule has 1 fully saturated rings. The van der Waals surface area contributed by atoms with Crippen LogP contribution in [0.5, 0.6) is 0 Å². The van der Waals surface area contributed by atoms with Gasteiger partial charge in [0.2, 0.25) is 0 Å². The average molecular weight is 1170 g/mol. The molecule has 0 saturated heterocycles. The van der Waals surface area contributed by atoms with Crippen LogP contribution in [0, 0.1) is 25.8 Å². The van der Waals surface area contributed by atoms with E-state index in [0.29, 0.717) is 31.5 Å². The van der Waals surface area contributed by atoms with Crippen LogP contribution in [0.3, 0.4) is 0 Å². The van der Waals surface area contributed by atoms with E-state index in [0.717, 1.165) is 95.5 Å². The Labute approximate surface area is 489 Å². The van der Waals surface area contributed by atoms with Gasteiger partial charge in [0.05, 0.1) is 37.6 Å². The summed E-state index contributed by atoms with van der Waals surface area (Å²) in [6.45, 7) is 41.0. The number of carbonyl (C=O) groups excluding carboxylic acids is 4. The van der Waals surface area contributed by atoms with E-state index in [4.69, 9.17) is 29.0 Å². The molecule has 0 aromatic heterocycles. The van der Waals surface area contributed by atoms with Gasteiger partial charge < -0.3 is 41.2 Å². The number of carbonyl (C=O) groups is 4. The second-order valence-electron chi connectivity index (χ2n) is 25.0. The van der Waals surface area contributed by atoms with Crippen molar-refractivity contribution in [3.63, 3.8) is 0 Å². The van der Waals surface area contributed by atoms with E-state index in [1.807, 2.05) is 6.08 Å². The zero-order valence-corrected chi connectivity index (χ0v) is 57.0. The molecule has 2 aliphatic rings. The van der Waals surface area contributed by atoms with Crippen molar-refractivity contribution in [1.29, 1.82) is 0 Å². The van der Waals surface area contributed by atoms with E-state index >= 15 is 0 Å². The van der Waals surface area contributed by atoms with Gasteiger partial charge in [-0.25, -0.2) is 0 Å². The van der Waals surface area contributed by atoms with Crippen LogP contribution in [0.25, 0.3) is 0 Å². The number of unbranched alkanes of at least 4 members (excludes halogenated alkanes) is 10. The number of rotatable bonds is 35. The molecule has 1 saturated carbocycles. The van der Waals surface area contributed by atoms with Gasteiger partial charge in [-0.15, -0.1) is 0 Å². The van der Waals surface area contributed by atoms with Crippen molar-refractivity contribution in [1.82, 2.24) is 0 Å². The van der Waals surface area contributed by atoms with Crippen LogP contribution >= 0.6 is 0 Å². The molecule has 0 heterocycles. The molecule has 0 N–H and O–H groups in total. The van der Waals surface area contributed by atoms with E-state index in [-0.39, 0.29) is 96.3 Å². The first kappa shape index (κ1) is 80.8. The molecule has 0 aromatic rings. The number of hydrogen-bond acceptors (Lipinski definition) is 10. The summed E-state index contributed by atoms with van der Waals surface area (Å²) < 4.78 is 34.8. The molecule has 16 heteroatoms. The number of ketones is 2. The number of hydrogen-bond donors (Lipinski definition) is 0. The van der Waals surface area contributed by atoms with Crippen LogP contribution in [0.4, 0.5) is 0 Å². The second-order valence-corrected chi connectivity index (χ2v) is 42.8. The normalized spacial score (nSPS) is 19.4. The van der Waals surface area contributed by atoms with E-state index in [9.17, 15) is 19.2 Å².